The molecule has 1 aromatic rings. The van der Waals surface area contributed by atoms with Crippen LogP contribution in [-0.4, -0.2) is 24.3 Å². The van der Waals surface area contributed by atoms with Crippen LogP contribution in [0.15, 0.2) is 18.2 Å². The fourth-order valence-corrected chi connectivity index (χ4v) is 2.72. The molecule has 1 aliphatic rings. The summed E-state index contributed by atoms with van der Waals surface area (Å²) in [5.74, 6) is -0.292. The molecule has 1 heterocycles. The van der Waals surface area contributed by atoms with Crippen molar-refractivity contribution in [2.45, 2.75) is 51.3 Å². The number of ether oxygens (including phenoxy) is 1. The number of piperidine rings is 1. The van der Waals surface area contributed by atoms with Crippen molar-refractivity contribution >= 4 is 17.7 Å². The first-order valence-electron chi connectivity index (χ1n) is 7.42. The Morgan fingerprint density at radius 3 is 2.86 bits per heavy atom. The molecular formula is C16H22ClFN2O2. The van der Waals surface area contributed by atoms with Gasteiger partial charge >= 0.3 is 6.09 Å². The van der Waals surface area contributed by atoms with Gasteiger partial charge in [0.15, 0.2) is 0 Å². The first-order valence-corrected chi connectivity index (χ1v) is 7.80. The molecule has 1 aliphatic heterocycles. The molecule has 2 atom stereocenters. The van der Waals surface area contributed by atoms with Gasteiger partial charge in [0.2, 0.25) is 0 Å². The Bertz CT molecular complexity index is 545. The van der Waals surface area contributed by atoms with Crippen molar-refractivity contribution in [2.24, 2.45) is 0 Å². The van der Waals surface area contributed by atoms with Crippen LogP contribution >= 0.6 is 11.6 Å². The Morgan fingerprint density at radius 2 is 2.18 bits per heavy atom. The smallest absolute Gasteiger partial charge is 0.407 e. The molecule has 1 saturated heterocycles. The van der Waals surface area contributed by atoms with E-state index in [4.69, 9.17) is 16.3 Å². The number of benzene rings is 1. The summed E-state index contributed by atoms with van der Waals surface area (Å²) in [5, 5.41) is 6.62. The van der Waals surface area contributed by atoms with Crippen molar-refractivity contribution in [3.05, 3.63) is 34.6 Å². The summed E-state index contributed by atoms with van der Waals surface area (Å²) in [6.45, 7) is 6.15. The maximum atomic E-state index is 14.0. The predicted molar refractivity (Wildman–Crippen MR) is 84.5 cm³/mol. The van der Waals surface area contributed by atoms with Gasteiger partial charge in [0.25, 0.3) is 0 Å². The highest BCUT2D eigenvalue weighted by Crippen LogP contribution is 2.27. The summed E-state index contributed by atoms with van der Waals surface area (Å²) in [6.07, 6.45) is 0.929. The second-order valence-electron chi connectivity index (χ2n) is 6.54. The summed E-state index contributed by atoms with van der Waals surface area (Å²) in [7, 11) is 0. The molecule has 0 bridgehead atoms. The van der Waals surface area contributed by atoms with Crippen LogP contribution < -0.4 is 10.6 Å². The van der Waals surface area contributed by atoms with Crippen molar-refractivity contribution in [3.63, 3.8) is 0 Å². The molecular weight excluding hydrogens is 307 g/mol. The summed E-state index contributed by atoms with van der Waals surface area (Å²) >= 11 is 5.95. The number of hydrogen-bond acceptors (Lipinski definition) is 3. The van der Waals surface area contributed by atoms with Crippen LogP contribution in [0, 0.1) is 5.82 Å². The third-order valence-electron chi connectivity index (χ3n) is 3.46. The molecule has 0 aromatic heterocycles. The van der Waals surface area contributed by atoms with Crippen LogP contribution in [0.4, 0.5) is 9.18 Å². The molecule has 2 N–H and O–H groups in total. The molecule has 6 heteroatoms. The van der Waals surface area contributed by atoms with Crippen molar-refractivity contribution in [2.75, 3.05) is 6.54 Å². The van der Waals surface area contributed by atoms with Gasteiger partial charge in [-0.1, -0.05) is 11.6 Å². The molecule has 1 aromatic carbocycles. The molecule has 2 rings (SSSR count). The number of alkyl carbamates (subject to hydrolysis) is 1. The number of hydrogen-bond donors (Lipinski definition) is 2. The van der Waals surface area contributed by atoms with E-state index in [-0.39, 0.29) is 17.9 Å². The Labute approximate surface area is 135 Å². The second kappa shape index (κ2) is 6.84. The quantitative estimate of drug-likeness (QED) is 0.868. The van der Waals surface area contributed by atoms with E-state index in [0.29, 0.717) is 23.6 Å². The van der Waals surface area contributed by atoms with Crippen molar-refractivity contribution in [1.82, 2.24) is 10.6 Å². The Kier molecular flexibility index (Phi) is 5.29. The molecule has 122 valence electrons. The van der Waals surface area contributed by atoms with Gasteiger partial charge in [-0.25, -0.2) is 9.18 Å². The molecule has 0 aliphatic carbocycles. The molecule has 1 amide bonds. The van der Waals surface area contributed by atoms with E-state index in [0.717, 1.165) is 6.42 Å². The number of carbonyl (C=O) groups excluding carboxylic acids is 1. The van der Waals surface area contributed by atoms with Crippen LogP contribution in [0.5, 0.6) is 0 Å². The van der Waals surface area contributed by atoms with Crippen LogP contribution in [0.3, 0.4) is 0 Å². The Morgan fingerprint density at radius 1 is 1.45 bits per heavy atom. The molecule has 4 nitrogen and oxygen atoms in total. The first kappa shape index (κ1) is 17.0. The minimum atomic E-state index is -0.532. The number of carbonyl (C=O) groups is 1. The summed E-state index contributed by atoms with van der Waals surface area (Å²) in [6, 6.07) is 4.29. The van der Waals surface area contributed by atoms with Crippen LogP contribution in [-0.2, 0) is 4.74 Å². The van der Waals surface area contributed by atoms with E-state index in [1.807, 2.05) is 20.8 Å². The molecule has 2 unspecified atom stereocenters. The molecule has 22 heavy (non-hydrogen) atoms. The molecule has 1 fully saturated rings. The van der Waals surface area contributed by atoms with E-state index in [9.17, 15) is 9.18 Å². The van der Waals surface area contributed by atoms with Crippen LogP contribution in [0.2, 0.25) is 5.02 Å². The fraction of sp³-hybridized carbons (Fsp3) is 0.562. The first-order chi connectivity index (χ1) is 10.2. The summed E-state index contributed by atoms with van der Waals surface area (Å²) in [4.78, 5) is 11.8. The zero-order valence-corrected chi connectivity index (χ0v) is 13.8. The van der Waals surface area contributed by atoms with Gasteiger partial charge in [-0.15, -0.1) is 0 Å². The van der Waals surface area contributed by atoms with Crippen molar-refractivity contribution in [3.8, 4) is 0 Å². The van der Waals surface area contributed by atoms with Gasteiger partial charge in [0.05, 0.1) is 0 Å². The average molecular weight is 329 g/mol. The predicted octanol–water partition coefficient (Wildman–Crippen LogP) is 3.80. The van der Waals surface area contributed by atoms with E-state index >= 15 is 0 Å². The second-order valence-corrected chi connectivity index (χ2v) is 6.98. The van der Waals surface area contributed by atoms with Crippen molar-refractivity contribution in [1.29, 1.82) is 0 Å². The normalized spacial score (nSPS) is 22.2. The van der Waals surface area contributed by atoms with E-state index in [1.165, 1.54) is 12.1 Å². The van der Waals surface area contributed by atoms with Crippen molar-refractivity contribution < 1.29 is 13.9 Å². The average Bonchev–Trinajstić information content (AvgIpc) is 2.39. The molecule has 0 radical (unpaired) electrons. The van der Waals surface area contributed by atoms with E-state index < -0.39 is 11.7 Å². The largest absolute Gasteiger partial charge is 0.444 e. The van der Waals surface area contributed by atoms with Gasteiger partial charge < -0.3 is 15.4 Å². The highest BCUT2D eigenvalue weighted by Gasteiger charge is 2.27. The lowest BCUT2D eigenvalue weighted by Crippen LogP contribution is -2.45. The minimum Gasteiger partial charge on any atom is -0.444 e. The van der Waals surface area contributed by atoms with Crippen LogP contribution in [0.25, 0.3) is 0 Å². The zero-order valence-electron chi connectivity index (χ0n) is 13.1. The number of amides is 1. The summed E-state index contributed by atoms with van der Waals surface area (Å²) in [5.41, 5.74) is -0.00155. The Balaban J connectivity index is 2.00. The SMILES string of the molecule is CC(C)(C)OC(=O)NC1CCNC(c2cc(Cl)ccc2F)C1. The van der Waals surface area contributed by atoms with Gasteiger partial charge in [-0.05, 0) is 58.4 Å². The molecule has 0 saturated carbocycles. The highest BCUT2D eigenvalue weighted by molar-refractivity contribution is 6.30. The topological polar surface area (TPSA) is 50.4 Å². The lowest BCUT2D eigenvalue weighted by molar-refractivity contribution is 0.0490. The maximum Gasteiger partial charge on any atom is 0.407 e. The zero-order chi connectivity index (χ0) is 16.3. The lowest BCUT2D eigenvalue weighted by atomic mass is 9.93. The molecule has 0 spiro atoms. The van der Waals surface area contributed by atoms with Gasteiger partial charge in [-0.3, -0.25) is 0 Å². The van der Waals surface area contributed by atoms with Gasteiger partial charge in [-0.2, -0.15) is 0 Å². The third-order valence-corrected chi connectivity index (χ3v) is 3.69. The number of rotatable bonds is 2. The number of nitrogens with one attached hydrogen (secondary N) is 2. The maximum absolute atomic E-state index is 14.0. The highest BCUT2D eigenvalue weighted by atomic mass is 35.5. The van der Waals surface area contributed by atoms with Gasteiger partial charge in [0.1, 0.15) is 11.4 Å². The van der Waals surface area contributed by atoms with E-state index in [1.54, 1.807) is 6.07 Å². The minimum absolute atomic E-state index is 0.0560. The standard InChI is InChI=1S/C16H22ClFN2O2/c1-16(2,3)22-15(21)20-11-6-7-19-14(9-11)12-8-10(17)4-5-13(12)18/h4-5,8,11,14,19H,6-7,9H2,1-3H3,(H,20,21). The Hall–Kier alpha value is -1.33. The lowest BCUT2D eigenvalue weighted by Gasteiger charge is -2.32. The van der Waals surface area contributed by atoms with Crippen LogP contribution in [0.1, 0.15) is 45.2 Å². The number of halogens is 2. The third kappa shape index (κ3) is 4.85. The van der Waals surface area contributed by atoms with Gasteiger partial charge in [0, 0.05) is 22.7 Å². The monoisotopic (exact) mass is 328 g/mol. The van der Waals surface area contributed by atoms with E-state index in [2.05, 4.69) is 10.6 Å². The summed E-state index contributed by atoms with van der Waals surface area (Å²) < 4.78 is 19.2. The fourth-order valence-electron chi connectivity index (χ4n) is 2.54.